The molecule has 0 fully saturated rings. The topological polar surface area (TPSA) is 62.3 Å². The number of carbonyl (C=O) groups excluding carboxylic acids is 2. The maximum absolute atomic E-state index is 13.0. The molecule has 0 atom stereocenters. The van der Waals surface area contributed by atoms with Crippen molar-refractivity contribution in [3.63, 3.8) is 0 Å². The van der Waals surface area contributed by atoms with Crippen LogP contribution in [0, 0.1) is 12.7 Å². The molecular formula is C19H24FN3O2S. The van der Waals surface area contributed by atoms with Crippen LogP contribution in [0.3, 0.4) is 0 Å². The number of amides is 2. The number of carbonyl (C=O) groups is 2. The Labute approximate surface area is 157 Å². The van der Waals surface area contributed by atoms with Crippen LogP contribution in [-0.4, -0.2) is 34.8 Å². The predicted octanol–water partition coefficient (Wildman–Crippen LogP) is 3.79. The molecule has 0 aliphatic carbocycles. The minimum absolute atomic E-state index is 0.0115. The highest BCUT2D eigenvalue weighted by atomic mass is 32.1. The van der Waals surface area contributed by atoms with Crippen molar-refractivity contribution in [1.29, 1.82) is 0 Å². The van der Waals surface area contributed by atoms with Crippen molar-refractivity contribution in [2.75, 3.05) is 18.4 Å². The maximum atomic E-state index is 13.0. The fourth-order valence-electron chi connectivity index (χ4n) is 2.48. The average molecular weight is 377 g/mol. The van der Waals surface area contributed by atoms with Crippen LogP contribution in [0.4, 0.5) is 9.52 Å². The first-order valence-electron chi connectivity index (χ1n) is 8.72. The van der Waals surface area contributed by atoms with Gasteiger partial charge in [-0.15, -0.1) is 11.3 Å². The molecule has 26 heavy (non-hydrogen) atoms. The summed E-state index contributed by atoms with van der Waals surface area (Å²) >= 11 is 1.39. The zero-order valence-corrected chi connectivity index (χ0v) is 15.9. The predicted molar refractivity (Wildman–Crippen MR) is 102 cm³/mol. The van der Waals surface area contributed by atoms with E-state index in [0.29, 0.717) is 11.7 Å². The number of aryl methyl sites for hydroxylation is 1. The Kier molecular flexibility index (Phi) is 7.72. The lowest BCUT2D eigenvalue weighted by molar-refractivity contribution is -0.134. The second-order valence-electron chi connectivity index (χ2n) is 6.15. The summed E-state index contributed by atoms with van der Waals surface area (Å²) in [6.45, 7) is 4.51. The fraction of sp³-hybridized carbons (Fsp3) is 0.421. The van der Waals surface area contributed by atoms with Crippen molar-refractivity contribution < 1.29 is 14.0 Å². The molecule has 1 heterocycles. The van der Waals surface area contributed by atoms with E-state index < -0.39 is 0 Å². The first-order chi connectivity index (χ1) is 12.5. The standard InChI is InChI=1S/C19H24FN3O2S/c1-3-4-5-10-23(13-17(24)22-19-21-12-14(2)26-19)18(25)11-15-6-8-16(20)9-7-15/h6-9,12H,3-5,10-11,13H2,1-2H3,(H,21,22,24). The molecular weight excluding hydrogens is 353 g/mol. The number of unbranched alkanes of at least 4 members (excludes halogenated alkanes) is 2. The van der Waals surface area contributed by atoms with Crippen LogP contribution < -0.4 is 5.32 Å². The van der Waals surface area contributed by atoms with Crippen LogP contribution in [0.2, 0.25) is 0 Å². The number of hydrogen-bond donors (Lipinski definition) is 1. The van der Waals surface area contributed by atoms with Gasteiger partial charge in [0.05, 0.1) is 13.0 Å². The third-order valence-electron chi connectivity index (χ3n) is 3.85. The summed E-state index contributed by atoms with van der Waals surface area (Å²) in [5.41, 5.74) is 0.729. The highest BCUT2D eigenvalue weighted by Crippen LogP contribution is 2.16. The summed E-state index contributed by atoms with van der Waals surface area (Å²) < 4.78 is 13.0. The van der Waals surface area contributed by atoms with Gasteiger partial charge >= 0.3 is 0 Å². The van der Waals surface area contributed by atoms with Crippen LogP contribution in [0.1, 0.15) is 36.6 Å². The van der Waals surface area contributed by atoms with Gasteiger partial charge in [-0.05, 0) is 31.0 Å². The quantitative estimate of drug-likeness (QED) is 0.676. The molecule has 2 aromatic rings. The van der Waals surface area contributed by atoms with Crippen molar-refractivity contribution in [3.8, 4) is 0 Å². The van der Waals surface area contributed by atoms with E-state index in [1.54, 1.807) is 23.2 Å². The number of thiazole rings is 1. The molecule has 0 aliphatic rings. The maximum Gasteiger partial charge on any atom is 0.245 e. The largest absolute Gasteiger partial charge is 0.333 e. The highest BCUT2D eigenvalue weighted by Gasteiger charge is 2.18. The summed E-state index contributed by atoms with van der Waals surface area (Å²) in [4.78, 5) is 31.6. The number of anilines is 1. The van der Waals surface area contributed by atoms with Crippen molar-refractivity contribution >= 4 is 28.3 Å². The number of halogens is 1. The van der Waals surface area contributed by atoms with Gasteiger partial charge in [-0.2, -0.15) is 0 Å². The molecule has 0 spiro atoms. The van der Waals surface area contributed by atoms with E-state index in [2.05, 4.69) is 17.2 Å². The molecule has 1 aromatic carbocycles. The Hall–Kier alpha value is -2.28. The van der Waals surface area contributed by atoms with Crippen molar-refractivity contribution in [2.45, 2.75) is 39.5 Å². The Morgan fingerprint density at radius 3 is 2.58 bits per heavy atom. The van der Waals surface area contributed by atoms with E-state index in [1.165, 1.54) is 23.5 Å². The lowest BCUT2D eigenvalue weighted by Gasteiger charge is -2.22. The Morgan fingerprint density at radius 2 is 1.96 bits per heavy atom. The van der Waals surface area contributed by atoms with Crippen LogP contribution in [-0.2, 0) is 16.0 Å². The molecule has 140 valence electrons. The molecule has 7 heteroatoms. The average Bonchev–Trinajstić information content (AvgIpc) is 3.01. The molecule has 1 aromatic heterocycles. The summed E-state index contributed by atoms with van der Waals surface area (Å²) in [7, 11) is 0. The molecule has 0 aliphatic heterocycles. The van der Waals surface area contributed by atoms with E-state index in [-0.39, 0.29) is 30.6 Å². The number of rotatable bonds is 9. The molecule has 5 nitrogen and oxygen atoms in total. The summed E-state index contributed by atoms with van der Waals surface area (Å²) in [5, 5.41) is 3.27. The minimum Gasteiger partial charge on any atom is -0.333 e. The van der Waals surface area contributed by atoms with E-state index in [0.717, 1.165) is 29.7 Å². The smallest absolute Gasteiger partial charge is 0.245 e. The number of aromatic nitrogens is 1. The number of benzene rings is 1. The van der Waals surface area contributed by atoms with Gasteiger partial charge in [0, 0.05) is 17.6 Å². The first kappa shape index (κ1) is 20.0. The number of nitrogens with zero attached hydrogens (tertiary/aromatic N) is 2. The van der Waals surface area contributed by atoms with Gasteiger partial charge in [-0.25, -0.2) is 9.37 Å². The van der Waals surface area contributed by atoms with Crippen LogP contribution >= 0.6 is 11.3 Å². The Balaban J connectivity index is 1.97. The Bertz CT molecular complexity index is 731. The third-order valence-corrected chi connectivity index (χ3v) is 4.68. The zero-order valence-electron chi connectivity index (χ0n) is 15.1. The summed E-state index contributed by atoms with van der Waals surface area (Å²) in [5.74, 6) is -0.736. The Morgan fingerprint density at radius 1 is 1.23 bits per heavy atom. The van der Waals surface area contributed by atoms with Crippen molar-refractivity contribution in [2.24, 2.45) is 0 Å². The van der Waals surface area contributed by atoms with Gasteiger partial charge in [0.25, 0.3) is 0 Å². The normalized spacial score (nSPS) is 10.6. The highest BCUT2D eigenvalue weighted by molar-refractivity contribution is 7.15. The van der Waals surface area contributed by atoms with Crippen LogP contribution in [0.15, 0.2) is 30.5 Å². The van der Waals surface area contributed by atoms with E-state index in [4.69, 9.17) is 0 Å². The second kappa shape index (κ2) is 10.0. The molecule has 2 rings (SSSR count). The van der Waals surface area contributed by atoms with Crippen molar-refractivity contribution in [1.82, 2.24) is 9.88 Å². The van der Waals surface area contributed by atoms with Gasteiger partial charge in [0.15, 0.2) is 5.13 Å². The van der Waals surface area contributed by atoms with Gasteiger partial charge in [-0.3, -0.25) is 9.59 Å². The molecule has 0 saturated heterocycles. The lowest BCUT2D eigenvalue weighted by atomic mass is 10.1. The zero-order chi connectivity index (χ0) is 18.9. The molecule has 0 bridgehead atoms. The van der Waals surface area contributed by atoms with E-state index >= 15 is 0 Å². The van der Waals surface area contributed by atoms with E-state index in [9.17, 15) is 14.0 Å². The van der Waals surface area contributed by atoms with Gasteiger partial charge in [0.1, 0.15) is 5.82 Å². The minimum atomic E-state index is -0.334. The van der Waals surface area contributed by atoms with Crippen LogP contribution in [0.25, 0.3) is 0 Å². The van der Waals surface area contributed by atoms with Gasteiger partial charge in [-0.1, -0.05) is 31.9 Å². The molecule has 1 N–H and O–H groups in total. The third kappa shape index (κ3) is 6.55. The molecule has 0 radical (unpaired) electrons. The lowest BCUT2D eigenvalue weighted by Crippen LogP contribution is -2.39. The SMILES string of the molecule is CCCCCN(CC(=O)Nc1ncc(C)s1)C(=O)Cc1ccc(F)cc1. The van der Waals surface area contributed by atoms with Gasteiger partial charge in [0.2, 0.25) is 11.8 Å². The molecule has 2 amide bonds. The summed E-state index contributed by atoms with van der Waals surface area (Å²) in [6.07, 6.45) is 4.71. The summed E-state index contributed by atoms with van der Waals surface area (Å²) in [6, 6.07) is 5.86. The van der Waals surface area contributed by atoms with Crippen LogP contribution in [0.5, 0.6) is 0 Å². The molecule has 0 saturated carbocycles. The molecule has 0 unspecified atom stereocenters. The van der Waals surface area contributed by atoms with Crippen molar-refractivity contribution in [3.05, 3.63) is 46.7 Å². The second-order valence-corrected chi connectivity index (χ2v) is 7.38. The van der Waals surface area contributed by atoms with Gasteiger partial charge < -0.3 is 10.2 Å². The monoisotopic (exact) mass is 377 g/mol. The first-order valence-corrected chi connectivity index (χ1v) is 9.54. The van der Waals surface area contributed by atoms with E-state index in [1.807, 2.05) is 6.92 Å². The number of nitrogens with one attached hydrogen (secondary N) is 1. The number of hydrogen-bond acceptors (Lipinski definition) is 4. The fourth-order valence-corrected chi connectivity index (χ4v) is 3.16.